The number of rotatable bonds is 7. The maximum atomic E-state index is 10.8. The average molecular weight is 314 g/mol. The Kier molecular flexibility index (Phi) is 6.19. The molecule has 18 heavy (non-hydrogen) atoms. The van der Waals surface area contributed by atoms with Crippen molar-refractivity contribution in [3.05, 3.63) is 28.2 Å². The van der Waals surface area contributed by atoms with Crippen LogP contribution in [0.3, 0.4) is 0 Å². The summed E-state index contributed by atoms with van der Waals surface area (Å²) in [5, 5.41) is 12.2. The van der Waals surface area contributed by atoms with E-state index in [1.807, 2.05) is 6.07 Å². The molecule has 0 aromatic heterocycles. The monoisotopic (exact) mass is 313 g/mol. The van der Waals surface area contributed by atoms with E-state index in [-0.39, 0.29) is 0 Å². The minimum Gasteiger partial charge on any atom is -0.478 e. The van der Waals surface area contributed by atoms with E-state index in [0.29, 0.717) is 10.0 Å². The fraction of sp³-hybridized carbons (Fsp3) is 0.500. The Hall–Kier alpha value is -1.03. The van der Waals surface area contributed by atoms with Crippen molar-refractivity contribution >= 4 is 27.6 Å². The van der Waals surface area contributed by atoms with Crippen LogP contribution >= 0.6 is 15.9 Å². The molecule has 1 aromatic carbocycles. The SMILES string of the molecule is CC(C)CCCCNc1ccc(C(=O)O)c(Br)c1. The smallest absolute Gasteiger partial charge is 0.336 e. The van der Waals surface area contributed by atoms with Crippen molar-refractivity contribution in [3.63, 3.8) is 0 Å². The molecule has 0 aliphatic rings. The Bertz CT molecular complexity index is 405. The summed E-state index contributed by atoms with van der Waals surface area (Å²) in [6.07, 6.45) is 3.61. The highest BCUT2D eigenvalue weighted by Crippen LogP contribution is 2.21. The molecular weight excluding hydrogens is 294 g/mol. The number of benzene rings is 1. The van der Waals surface area contributed by atoms with E-state index < -0.39 is 5.97 Å². The van der Waals surface area contributed by atoms with Crippen LogP contribution in [0, 0.1) is 5.92 Å². The lowest BCUT2D eigenvalue weighted by atomic mass is 10.1. The molecule has 0 unspecified atom stereocenters. The van der Waals surface area contributed by atoms with Crippen LogP contribution in [0.15, 0.2) is 22.7 Å². The summed E-state index contributed by atoms with van der Waals surface area (Å²) in [4.78, 5) is 10.8. The van der Waals surface area contributed by atoms with Gasteiger partial charge in [0, 0.05) is 16.7 Å². The summed E-state index contributed by atoms with van der Waals surface area (Å²) in [6.45, 7) is 5.38. The number of carboxylic acid groups (broad SMARTS) is 1. The Labute approximate surface area is 117 Å². The van der Waals surface area contributed by atoms with E-state index in [9.17, 15) is 4.79 Å². The number of aromatic carboxylic acids is 1. The molecule has 0 bridgehead atoms. The van der Waals surface area contributed by atoms with Crippen molar-refractivity contribution in [1.29, 1.82) is 0 Å². The van der Waals surface area contributed by atoms with Crippen LogP contribution in [0.4, 0.5) is 5.69 Å². The summed E-state index contributed by atoms with van der Waals surface area (Å²) in [7, 11) is 0. The molecule has 4 heteroatoms. The van der Waals surface area contributed by atoms with Crippen molar-refractivity contribution in [2.45, 2.75) is 33.1 Å². The van der Waals surface area contributed by atoms with Gasteiger partial charge in [-0.1, -0.05) is 26.7 Å². The molecule has 0 aliphatic heterocycles. The molecule has 0 aliphatic carbocycles. The Balaban J connectivity index is 2.39. The van der Waals surface area contributed by atoms with Gasteiger partial charge in [0.1, 0.15) is 0 Å². The van der Waals surface area contributed by atoms with Crippen LogP contribution in [-0.4, -0.2) is 17.6 Å². The minimum atomic E-state index is -0.912. The predicted octanol–water partition coefficient (Wildman–Crippen LogP) is 4.39. The normalized spacial score (nSPS) is 10.7. The first-order valence-corrected chi connectivity index (χ1v) is 7.06. The van der Waals surface area contributed by atoms with Crippen molar-refractivity contribution in [3.8, 4) is 0 Å². The van der Waals surface area contributed by atoms with Gasteiger partial charge < -0.3 is 10.4 Å². The topological polar surface area (TPSA) is 49.3 Å². The van der Waals surface area contributed by atoms with Gasteiger partial charge in [0.2, 0.25) is 0 Å². The molecule has 0 radical (unpaired) electrons. The zero-order valence-electron chi connectivity index (χ0n) is 10.9. The Morgan fingerprint density at radius 1 is 1.39 bits per heavy atom. The Morgan fingerprint density at radius 2 is 2.11 bits per heavy atom. The van der Waals surface area contributed by atoms with Gasteiger partial charge in [-0.25, -0.2) is 4.79 Å². The number of anilines is 1. The third-order valence-electron chi connectivity index (χ3n) is 2.74. The molecular formula is C14H20BrNO2. The summed E-state index contributed by atoms with van der Waals surface area (Å²) in [5.41, 5.74) is 1.25. The number of hydrogen-bond acceptors (Lipinski definition) is 2. The van der Waals surface area contributed by atoms with Crippen LogP contribution in [-0.2, 0) is 0 Å². The molecule has 2 N–H and O–H groups in total. The minimum absolute atomic E-state index is 0.292. The standard InChI is InChI=1S/C14H20BrNO2/c1-10(2)5-3-4-8-16-11-6-7-12(14(17)18)13(15)9-11/h6-7,9-10,16H,3-5,8H2,1-2H3,(H,17,18). The van der Waals surface area contributed by atoms with E-state index in [2.05, 4.69) is 35.1 Å². The van der Waals surface area contributed by atoms with Gasteiger partial charge in [0.25, 0.3) is 0 Å². The number of hydrogen-bond donors (Lipinski definition) is 2. The third kappa shape index (κ3) is 5.08. The molecule has 0 amide bonds. The second-order valence-corrected chi connectivity index (χ2v) is 5.67. The average Bonchev–Trinajstić information content (AvgIpc) is 2.27. The fourth-order valence-electron chi connectivity index (χ4n) is 1.71. The van der Waals surface area contributed by atoms with Gasteiger partial charge in [-0.2, -0.15) is 0 Å². The highest BCUT2D eigenvalue weighted by atomic mass is 79.9. The largest absolute Gasteiger partial charge is 0.478 e. The molecule has 100 valence electrons. The molecule has 0 saturated heterocycles. The molecule has 1 rings (SSSR count). The van der Waals surface area contributed by atoms with Gasteiger partial charge in [0.05, 0.1) is 5.56 Å². The summed E-state index contributed by atoms with van der Waals surface area (Å²) < 4.78 is 0.613. The fourth-order valence-corrected chi connectivity index (χ4v) is 2.26. The zero-order chi connectivity index (χ0) is 13.5. The van der Waals surface area contributed by atoms with Gasteiger partial charge >= 0.3 is 5.97 Å². The highest BCUT2D eigenvalue weighted by Gasteiger charge is 2.07. The van der Waals surface area contributed by atoms with E-state index in [0.717, 1.165) is 24.6 Å². The molecule has 3 nitrogen and oxygen atoms in total. The molecule has 0 fully saturated rings. The Morgan fingerprint density at radius 3 is 2.67 bits per heavy atom. The van der Waals surface area contributed by atoms with E-state index in [1.54, 1.807) is 12.1 Å². The van der Waals surface area contributed by atoms with Crippen molar-refractivity contribution in [2.24, 2.45) is 5.92 Å². The second kappa shape index (κ2) is 7.41. The maximum Gasteiger partial charge on any atom is 0.336 e. The summed E-state index contributed by atoms with van der Waals surface area (Å²) in [6, 6.07) is 5.23. The van der Waals surface area contributed by atoms with Gasteiger partial charge in [-0.15, -0.1) is 0 Å². The number of unbranched alkanes of at least 4 members (excludes halogenated alkanes) is 1. The van der Waals surface area contributed by atoms with Crippen LogP contribution in [0.1, 0.15) is 43.5 Å². The molecule has 0 spiro atoms. The van der Waals surface area contributed by atoms with Crippen LogP contribution in [0.2, 0.25) is 0 Å². The van der Waals surface area contributed by atoms with Crippen molar-refractivity contribution in [1.82, 2.24) is 0 Å². The zero-order valence-corrected chi connectivity index (χ0v) is 12.5. The first kappa shape index (κ1) is 15.0. The predicted molar refractivity (Wildman–Crippen MR) is 78.3 cm³/mol. The maximum absolute atomic E-state index is 10.8. The first-order valence-electron chi connectivity index (χ1n) is 6.27. The van der Waals surface area contributed by atoms with Crippen molar-refractivity contribution in [2.75, 3.05) is 11.9 Å². The summed E-state index contributed by atoms with van der Waals surface area (Å²) >= 11 is 3.27. The van der Waals surface area contributed by atoms with Gasteiger partial charge in [0.15, 0.2) is 0 Å². The quantitative estimate of drug-likeness (QED) is 0.734. The van der Waals surface area contributed by atoms with Crippen molar-refractivity contribution < 1.29 is 9.90 Å². The third-order valence-corrected chi connectivity index (χ3v) is 3.39. The van der Waals surface area contributed by atoms with E-state index in [1.165, 1.54) is 12.8 Å². The number of halogens is 1. The lowest BCUT2D eigenvalue weighted by Crippen LogP contribution is -2.03. The summed E-state index contributed by atoms with van der Waals surface area (Å²) in [5.74, 6) is -0.153. The number of carbonyl (C=O) groups is 1. The highest BCUT2D eigenvalue weighted by molar-refractivity contribution is 9.10. The van der Waals surface area contributed by atoms with E-state index in [4.69, 9.17) is 5.11 Å². The van der Waals surface area contributed by atoms with Crippen LogP contribution in [0.5, 0.6) is 0 Å². The first-order chi connectivity index (χ1) is 8.50. The van der Waals surface area contributed by atoms with Crippen LogP contribution in [0.25, 0.3) is 0 Å². The van der Waals surface area contributed by atoms with E-state index >= 15 is 0 Å². The van der Waals surface area contributed by atoms with Gasteiger partial charge in [-0.05, 0) is 46.5 Å². The number of nitrogens with one attached hydrogen (secondary N) is 1. The lowest BCUT2D eigenvalue weighted by molar-refractivity contribution is 0.0696. The van der Waals surface area contributed by atoms with Gasteiger partial charge in [-0.3, -0.25) is 0 Å². The van der Waals surface area contributed by atoms with Crippen LogP contribution < -0.4 is 5.32 Å². The number of carboxylic acids is 1. The molecule has 0 heterocycles. The second-order valence-electron chi connectivity index (χ2n) is 4.82. The molecule has 1 aromatic rings. The lowest BCUT2D eigenvalue weighted by Gasteiger charge is -2.09. The molecule has 0 saturated carbocycles. The molecule has 0 atom stereocenters.